The SMILES string of the molecule is CCCN(C)c1cc(F)cc(F)c1N. The van der Waals surface area contributed by atoms with E-state index in [1.807, 2.05) is 6.92 Å². The fourth-order valence-electron chi connectivity index (χ4n) is 1.34. The quantitative estimate of drug-likeness (QED) is 0.759. The van der Waals surface area contributed by atoms with Crippen molar-refractivity contribution in [3.8, 4) is 0 Å². The highest BCUT2D eigenvalue weighted by Crippen LogP contribution is 2.26. The van der Waals surface area contributed by atoms with Crippen molar-refractivity contribution in [1.82, 2.24) is 0 Å². The third-order valence-corrected chi connectivity index (χ3v) is 2.04. The van der Waals surface area contributed by atoms with E-state index in [9.17, 15) is 8.78 Å². The molecule has 0 atom stereocenters. The van der Waals surface area contributed by atoms with Crippen LogP contribution in [0.15, 0.2) is 12.1 Å². The molecule has 0 heterocycles. The Morgan fingerprint density at radius 1 is 1.36 bits per heavy atom. The lowest BCUT2D eigenvalue weighted by molar-refractivity contribution is 0.585. The molecule has 0 radical (unpaired) electrons. The van der Waals surface area contributed by atoms with Gasteiger partial charge in [-0.15, -0.1) is 0 Å². The molecule has 0 aromatic heterocycles. The van der Waals surface area contributed by atoms with Gasteiger partial charge in [0.15, 0.2) is 5.82 Å². The van der Waals surface area contributed by atoms with Crippen molar-refractivity contribution in [2.24, 2.45) is 0 Å². The minimum atomic E-state index is -0.706. The van der Waals surface area contributed by atoms with Gasteiger partial charge in [0.1, 0.15) is 5.82 Å². The van der Waals surface area contributed by atoms with Crippen LogP contribution in [-0.2, 0) is 0 Å². The molecule has 1 rings (SSSR count). The summed E-state index contributed by atoms with van der Waals surface area (Å²) in [7, 11) is 1.76. The molecule has 0 amide bonds. The van der Waals surface area contributed by atoms with Gasteiger partial charge in [0.05, 0.1) is 11.4 Å². The van der Waals surface area contributed by atoms with E-state index in [0.717, 1.165) is 12.5 Å². The van der Waals surface area contributed by atoms with Crippen molar-refractivity contribution in [2.75, 3.05) is 24.2 Å². The maximum absolute atomic E-state index is 13.0. The van der Waals surface area contributed by atoms with Crippen LogP contribution in [0.5, 0.6) is 0 Å². The van der Waals surface area contributed by atoms with Crippen molar-refractivity contribution in [2.45, 2.75) is 13.3 Å². The van der Waals surface area contributed by atoms with Crippen LogP contribution in [0.1, 0.15) is 13.3 Å². The minimum absolute atomic E-state index is 0.00218. The number of halogens is 2. The number of nitrogens with two attached hydrogens (primary N) is 1. The third-order valence-electron chi connectivity index (χ3n) is 2.04. The second-order valence-corrected chi connectivity index (χ2v) is 3.24. The molecule has 1 aromatic carbocycles. The van der Waals surface area contributed by atoms with Gasteiger partial charge < -0.3 is 10.6 Å². The number of rotatable bonds is 3. The van der Waals surface area contributed by atoms with Crippen LogP contribution in [0, 0.1) is 11.6 Å². The summed E-state index contributed by atoms with van der Waals surface area (Å²) in [4.78, 5) is 1.74. The van der Waals surface area contributed by atoms with Gasteiger partial charge in [0.2, 0.25) is 0 Å². The Balaban J connectivity index is 3.07. The molecule has 0 aliphatic rings. The molecule has 0 saturated carbocycles. The zero-order chi connectivity index (χ0) is 10.7. The second-order valence-electron chi connectivity index (χ2n) is 3.24. The van der Waals surface area contributed by atoms with E-state index < -0.39 is 11.6 Å². The van der Waals surface area contributed by atoms with Gasteiger partial charge in [-0.3, -0.25) is 0 Å². The molecule has 0 bridgehead atoms. The summed E-state index contributed by atoms with van der Waals surface area (Å²) in [5.41, 5.74) is 5.91. The highest BCUT2D eigenvalue weighted by molar-refractivity contribution is 5.67. The van der Waals surface area contributed by atoms with E-state index in [1.54, 1.807) is 11.9 Å². The van der Waals surface area contributed by atoms with Crippen LogP contribution in [0.2, 0.25) is 0 Å². The highest BCUT2D eigenvalue weighted by atomic mass is 19.1. The Labute approximate surface area is 82.3 Å². The number of benzene rings is 1. The fraction of sp³-hybridized carbons (Fsp3) is 0.400. The predicted octanol–water partition coefficient (Wildman–Crippen LogP) is 2.39. The zero-order valence-corrected chi connectivity index (χ0v) is 8.35. The first-order valence-electron chi connectivity index (χ1n) is 4.52. The van der Waals surface area contributed by atoms with E-state index in [2.05, 4.69) is 0 Å². The molecular formula is C10H14F2N2. The topological polar surface area (TPSA) is 29.3 Å². The molecule has 0 fully saturated rings. The molecule has 14 heavy (non-hydrogen) atoms. The number of anilines is 2. The molecule has 0 aliphatic heterocycles. The van der Waals surface area contributed by atoms with E-state index in [4.69, 9.17) is 5.73 Å². The van der Waals surface area contributed by atoms with Gasteiger partial charge in [0, 0.05) is 19.7 Å². The Morgan fingerprint density at radius 2 is 2.00 bits per heavy atom. The van der Waals surface area contributed by atoms with Crippen LogP contribution in [0.3, 0.4) is 0 Å². The number of hydrogen-bond acceptors (Lipinski definition) is 2. The Kier molecular flexibility index (Phi) is 3.28. The minimum Gasteiger partial charge on any atom is -0.395 e. The standard InChI is InChI=1S/C10H14F2N2/c1-3-4-14(2)9-6-7(11)5-8(12)10(9)13/h5-6H,3-4,13H2,1-2H3. The van der Waals surface area contributed by atoms with E-state index in [1.165, 1.54) is 6.07 Å². The molecule has 2 nitrogen and oxygen atoms in total. The molecule has 0 saturated heterocycles. The molecular weight excluding hydrogens is 186 g/mol. The Bertz CT molecular complexity index is 326. The number of nitrogens with zero attached hydrogens (tertiary/aromatic N) is 1. The summed E-state index contributed by atoms with van der Waals surface area (Å²) in [5, 5.41) is 0. The fourth-order valence-corrected chi connectivity index (χ4v) is 1.34. The van der Waals surface area contributed by atoms with Gasteiger partial charge in [-0.2, -0.15) is 0 Å². The van der Waals surface area contributed by atoms with Crippen molar-refractivity contribution in [3.05, 3.63) is 23.8 Å². The molecule has 0 unspecified atom stereocenters. The maximum Gasteiger partial charge on any atom is 0.151 e. The third kappa shape index (κ3) is 2.13. The average molecular weight is 200 g/mol. The largest absolute Gasteiger partial charge is 0.395 e. The molecule has 0 aliphatic carbocycles. The predicted molar refractivity (Wildman–Crippen MR) is 54.3 cm³/mol. The number of hydrogen-bond donors (Lipinski definition) is 1. The Morgan fingerprint density at radius 3 is 2.57 bits per heavy atom. The first-order chi connectivity index (χ1) is 6.56. The van der Waals surface area contributed by atoms with Crippen molar-refractivity contribution in [3.63, 3.8) is 0 Å². The van der Waals surface area contributed by atoms with Crippen molar-refractivity contribution in [1.29, 1.82) is 0 Å². The van der Waals surface area contributed by atoms with Gasteiger partial charge >= 0.3 is 0 Å². The number of nitrogen functional groups attached to an aromatic ring is 1. The molecule has 2 N–H and O–H groups in total. The van der Waals surface area contributed by atoms with Crippen LogP contribution >= 0.6 is 0 Å². The summed E-state index contributed by atoms with van der Waals surface area (Å²) >= 11 is 0. The van der Waals surface area contributed by atoms with E-state index >= 15 is 0 Å². The van der Waals surface area contributed by atoms with E-state index in [-0.39, 0.29) is 5.69 Å². The lowest BCUT2D eigenvalue weighted by Gasteiger charge is -2.20. The van der Waals surface area contributed by atoms with Gasteiger partial charge in [-0.1, -0.05) is 6.92 Å². The lowest BCUT2D eigenvalue weighted by atomic mass is 10.2. The first kappa shape index (κ1) is 10.8. The highest BCUT2D eigenvalue weighted by Gasteiger charge is 2.10. The summed E-state index contributed by atoms with van der Waals surface area (Å²) < 4.78 is 25.9. The summed E-state index contributed by atoms with van der Waals surface area (Å²) in [6, 6.07) is 2.03. The zero-order valence-electron chi connectivity index (χ0n) is 8.35. The Hall–Kier alpha value is -1.32. The van der Waals surface area contributed by atoms with Crippen molar-refractivity contribution < 1.29 is 8.78 Å². The summed E-state index contributed by atoms with van der Waals surface area (Å²) in [6.45, 7) is 2.70. The average Bonchev–Trinajstić information content (AvgIpc) is 2.11. The van der Waals surface area contributed by atoms with Gasteiger partial charge in [-0.05, 0) is 12.5 Å². The molecule has 1 aromatic rings. The van der Waals surface area contributed by atoms with E-state index in [0.29, 0.717) is 12.2 Å². The lowest BCUT2D eigenvalue weighted by Crippen LogP contribution is -2.19. The molecule has 0 spiro atoms. The smallest absolute Gasteiger partial charge is 0.151 e. The molecule has 4 heteroatoms. The maximum atomic E-state index is 13.0. The summed E-state index contributed by atoms with van der Waals surface area (Å²) in [6.07, 6.45) is 0.897. The normalized spacial score (nSPS) is 10.3. The van der Waals surface area contributed by atoms with Crippen LogP contribution < -0.4 is 10.6 Å². The van der Waals surface area contributed by atoms with Gasteiger partial charge in [0.25, 0.3) is 0 Å². The van der Waals surface area contributed by atoms with Crippen LogP contribution in [0.4, 0.5) is 20.2 Å². The van der Waals surface area contributed by atoms with Crippen LogP contribution in [0.25, 0.3) is 0 Å². The van der Waals surface area contributed by atoms with Gasteiger partial charge in [-0.25, -0.2) is 8.78 Å². The first-order valence-corrected chi connectivity index (χ1v) is 4.52. The second kappa shape index (κ2) is 4.26. The van der Waals surface area contributed by atoms with Crippen molar-refractivity contribution >= 4 is 11.4 Å². The molecule has 78 valence electrons. The monoisotopic (exact) mass is 200 g/mol. The summed E-state index contributed by atoms with van der Waals surface area (Å²) in [5.74, 6) is -1.31. The van der Waals surface area contributed by atoms with Crippen LogP contribution in [-0.4, -0.2) is 13.6 Å².